The molecule has 0 amide bonds. The average Bonchev–Trinajstić information content (AvgIpc) is 2.86. The number of Topliss-reactive ketones (excluding diaryl/α,β-unsaturated/α-hetero) is 1. The van der Waals surface area contributed by atoms with Crippen LogP contribution in [0.5, 0.6) is 0 Å². The summed E-state index contributed by atoms with van der Waals surface area (Å²) in [5, 5.41) is 1.46. The molecule has 25 heavy (non-hydrogen) atoms. The Morgan fingerprint density at radius 3 is 2.56 bits per heavy atom. The summed E-state index contributed by atoms with van der Waals surface area (Å²) >= 11 is 18.0. The Bertz CT molecular complexity index is 966. The van der Waals surface area contributed by atoms with Crippen LogP contribution in [0.1, 0.15) is 10.4 Å². The zero-order valence-electron chi connectivity index (χ0n) is 13.3. The van der Waals surface area contributed by atoms with Gasteiger partial charge in [0.05, 0.1) is 17.1 Å². The number of carbonyl (C=O) groups is 1. The van der Waals surface area contributed by atoms with Gasteiger partial charge in [-0.25, -0.2) is 9.13 Å². The lowest BCUT2D eigenvalue weighted by Gasteiger charge is -2.01. The fraction of sp³-hybridized carbons (Fsp3) is 0.111. The molecule has 3 aromatic rings. The van der Waals surface area contributed by atoms with E-state index in [-0.39, 0.29) is 12.3 Å². The summed E-state index contributed by atoms with van der Waals surface area (Å²) in [7, 11) is 1.83. The molecule has 0 aliphatic heterocycles. The number of benzene rings is 2. The van der Waals surface area contributed by atoms with Crippen LogP contribution in [0, 0.1) is 0 Å². The maximum absolute atomic E-state index is 12.5. The van der Waals surface area contributed by atoms with Gasteiger partial charge in [0, 0.05) is 16.1 Å². The lowest BCUT2D eigenvalue weighted by atomic mass is 10.1. The van der Waals surface area contributed by atoms with E-state index in [1.807, 2.05) is 19.3 Å². The van der Waals surface area contributed by atoms with Gasteiger partial charge in [-0.15, -0.1) is 0 Å². The van der Waals surface area contributed by atoms with Crippen LogP contribution in [0.15, 0.2) is 48.7 Å². The van der Waals surface area contributed by atoms with Crippen molar-refractivity contribution in [2.75, 3.05) is 5.73 Å². The zero-order valence-corrected chi connectivity index (χ0v) is 15.6. The van der Waals surface area contributed by atoms with E-state index in [2.05, 4.69) is 0 Å². The van der Waals surface area contributed by atoms with Gasteiger partial charge < -0.3 is 0 Å². The maximum atomic E-state index is 12.5. The molecule has 1 aromatic heterocycles. The Labute approximate surface area is 160 Å². The summed E-state index contributed by atoms with van der Waals surface area (Å²) in [5.74, 6) is 0.377. The van der Waals surface area contributed by atoms with Crippen molar-refractivity contribution in [3.63, 3.8) is 0 Å². The normalized spacial score (nSPS) is 10.9. The highest BCUT2D eigenvalue weighted by Crippen LogP contribution is 2.28. The van der Waals surface area contributed by atoms with Crippen molar-refractivity contribution in [2.24, 2.45) is 7.05 Å². The first-order valence-corrected chi connectivity index (χ1v) is 8.59. The zero-order chi connectivity index (χ0) is 18.1. The second-order valence-electron chi connectivity index (χ2n) is 5.62. The third kappa shape index (κ3) is 3.66. The highest BCUT2D eigenvalue weighted by atomic mass is 35.5. The molecule has 0 fully saturated rings. The number of halogens is 3. The van der Waals surface area contributed by atoms with Crippen molar-refractivity contribution in [1.29, 1.82) is 0 Å². The number of anilines is 1. The molecule has 0 aliphatic carbocycles. The number of hydrogen-bond acceptors (Lipinski definition) is 2. The van der Waals surface area contributed by atoms with Crippen LogP contribution in [0.25, 0.3) is 11.3 Å². The SMILES string of the molecule is Cn1c(-c2ccc(Cl)c(Cl)c2)c[n+](CC(=O)c2cccc(Cl)c2)c1N. The lowest BCUT2D eigenvalue weighted by Crippen LogP contribution is -2.39. The van der Waals surface area contributed by atoms with Crippen LogP contribution in [0.4, 0.5) is 5.95 Å². The largest absolute Gasteiger partial charge is 0.355 e. The first-order chi connectivity index (χ1) is 11.9. The number of nitrogens with zero attached hydrogens (tertiary/aromatic N) is 2. The molecule has 0 radical (unpaired) electrons. The van der Waals surface area contributed by atoms with Crippen LogP contribution in [-0.4, -0.2) is 10.4 Å². The third-order valence-electron chi connectivity index (χ3n) is 3.95. The van der Waals surface area contributed by atoms with Gasteiger partial charge in [-0.2, -0.15) is 0 Å². The van der Waals surface area contributed by atoms with E-state index in [0.29, 0.717) is 26.6 Å². The average molecular weight is 396 g/mol. The van der Waals surface area contributed by atoms with E-state index in [9.17, 15) is 4.79 Å². The van der Waals surface area contributed by atoms with E-state index >= 15 is 0 Å². The van der Waals surface area contributed by atoms with Gasteiger partial charge in [-0.05, 0) is 30.3 Å². The summed E-state index contributed by atoms with van der Waals surface area (Å²) in [6.45, 7) is 0.112. The molecule has 4 nitrogen and oxygen atoms in total. The van der Waals surface area contributed by atoms with Crippen molar-refractivity contribution < 1.29 is 9.36 Å². The Hall–Kier alpha value is -2.01. The fourth-order valence-electron chi connectivity index (χ4n) is 2.57. The van der Waals surface area contributed by atoms with Crippen LogP contribution in [0.2, 0.25) is 15.1 Å². The van der Waals surface area contributed by atoms with Crippen molar-refractivity contribution in [3.8, 4) is 11.3 Å². The topological polar surface area (TPSA) is 51.9 Å². The Balaban J connectivity index is 1.93. The molecule has 7 heteroatoms. The summed E-state index contributed by atoms with van der Waals surface area (Å²) in [4.78, 5) is 12.5. The third-order valence-corrected chi connectivity index (χ3v) is 4.93. The minimum absolute atomic E-state index is 0.0783. The van der Waals surface area contributed by atoms with Gasteiger partial charge in [0.25, 0.3) is 0 Å². The summed E-state index contributed by atoms with van der Waals surface area (Å²) in [6.07, 6.45) is 1.82. The molecule has 0 saturated carbocycles. The number of ketones is 1. The number of nitrogens with two attached hydrogens (primary N) is 1. The van der Waals surface area contributed by atoms with E-state index in [0.717, 1.165) is 11.3 Å². The van der Waals surface area contributed by atoms with E-state index in [1.165, 1.54) is 0 Å². The first-order valence-electron chi connectivity index (χ1n) is 7.45. The van der Waals surface area contributed by atoms with Gasteiger partial charge in [-0.1, -0.05) is 46.9 Å². The van der Waals surface area contributed by atoms with Crippen molar-refractivity contribution in [3.05, 3.63) is 69.3 Å². The second-order valence-corrected chi connectivity index (χ2v) is 6.87. The van der Waals surface area contributed by atoms with Gasteiger partial charge in [0.15, 0.2) is 5.78 Å². The smallest absolute Gasteiger partial charge is 0.291 e. The lowest BCUT2D eigenvalue weighted by molar-refractivity contribution is -0.667. The first kappa shape index (κ1) is 17.8. The van der Waals surface area contributed by atoms with Crippen molar-refractivity contribution >= 4 is 46.5 Å². The monoisotopic (exact) mass is 394 g/mol. The number of nitrogen functional groups attached to an aromatic ring is 1. The van der Waals surface area contributed by atoms with Crippen LogP contribution in [-0.2, 0) is 13.6 Å². The minimum Gasteiger partial charge on any atom is -0.291 e. The molecule has 0 atom stereocenters. The Morgan fingerprint density at radius 1 is 1.12 bits per heavy atom. The van der Waals surface area contributed by atoms with Gasteiger partial charge in [-0.3, -0.25) is 10.5 Å². The molecule has 0 aliphatic rings. The quantitative estimate of drug-likeness (QED) is 0.525. The summed E-state index contributed by atoms with van der Waals surface area (Å²) < 4.78 is 3.49. The molecule has 3 rings (SSSR count). The molecular formula is C18H15Cl3N3O+. The number of imidazole rings is 1. The Kier molecular flexibility index (Phi) is 5.04. The molecule has 0 saturated heterocycles. The highest BCUT2D eigenvalue weighted by Gasteiger charge is 2.21. The van der Waals surface area contributed by atoms with Gasteiger partial charge in [0.1, 0.15) is 18.4 Å². The molecule has 1 heterocycles. The molecule has 128 valence electrons. The predicted molar refractivity (Wildman–Crippen MR) is 101 cm³/mol. The fourth-order valence-corrected chi connectivity index (χ4v) is 3.06. The second kappa shape index (κ2) is 7.08. The summed E-state index contributed by atoms with van der Waals surface area (Å²) in [5.41, 5.74) is 8.38. The molecule has 2 N–H and O–H groups in total. The molecular weight excluding hydrogens is 381 g/mol. The molecule has 0 spiro atoms. The van der Waals surface area contributed by atoms with Crippen LogP contribution < -0.4 is 10.3 Å². The van der Waals surface area contributed by atoms with E-state index in [4.69, 9.17) is 40.5 Å². The van der Waals surface area contributed by atoms with Gasteiger partial charge >= 0.3 is 5.95 Å². The minimum atomic E-state index is -0.0783. The molecule has 0 bridgehead atoms. The maximum Gasteiger partial charge on any atom is 0.355 e. The molecule has 2 aromatic carbocycles. The number of aromatic nitrogens is 2. The number of hydrogen-bond donors (Lipinski definition) is 1. The van der Waals surface area contributed by atoms with E-state index in [1.54, 1.807) is 45.5 Å². The van der Waals surface area contributed by atoms with Gasteiger partial charge in [0.2, 0.25) is 0 Å². The molecule has 0 unspecified atom stereocenters. The Morgan fingerprint density at radius 2 is 1.88 bits per heavy atom. The number of carbonyl (C=O) groups excluding carboxylic acids is 1. The van der Waals surface area contributed by atoms with Crippen LogP contribution in [0.3, 0.4) is 0 Å². The van der Waals surface area contributed by atoms with Crippen molar-refractivity contribution in [2.45, 2.75) is 6.54 Å². The van der Waals surface area contributed by atoms with Crippen molar-refractivity contribution in [1.82, 2.24) is 4.57 Å². The van der Waals surface area contributed by atoms with Crippen LogP contribution >= 0.6 is 34.8 Å². The highest BCUT2D eigenvalue weighted by molar-refractivity contribution is 6.42. The standard InChI is InChI=1S/C18H14Cl3N3O/c1-23-16(11-5-6-14(20)15(21)8-11)9-24(18(23)22)10-17(25)12-3-2-4-13(19)7-12/h2-9,22H,10H2,1H3/p+1. The summed E-state index contributed by atoms with van der Waals surface area (Å²) in [6, 6.07) is 12.2. The predicted octanol–water partition coefficient (Wildman–Crippen LogP) is 4.40. The number of rotatable bonds is 4. The van der Waals surface area contributed by atoms with E-state index < -0.39 is 0 Å².